The number of rotatable bonds is 9. The molecular weight excluding hydrogens is 196 g/mol. The smallest absolute Gasteiger partial charge is 0.0124 e. The highest BCUT2D eigenvalue weighted by atomic mass is 14.9. The van der Waals surface area contributed by atoms with Crippen LogP contribution in [0.5, 0.6) is 0 Å². The zero-order valence-corrected chi connectivity index (χ0v) is 11.0. The number of hydrogen-bond donors (Lipinski definition) is 2. The van der Waals surface area contributed by atoms with Crippen molar-refractivity contribution in [3.8, 4) is 0 Å². The van der Waals surface area contributed by atoms with Gasteiger partial charge < -0.3 is 10.6 Å². The van der Waals surface area contributed by atoms with Gasteiger partial charge in [-0.3, -0.25) is 0 Å². The Balaban J connectivity index is 1.46. The van der Waals surface area contributed by atoms with Gasteiger partial charge in [-0.1, -0.05) is 13.8 Å². The Morgan fingerprint density at radius 2 is 1.38 bits per heavy atom. The third-order valence-corrected chi connectivity index (χ3v) is 3.80. The van der Waals surface area contributed by atoms with Crippen LogP contribution in [0, 0.1) is 11.8 Å². The molecule has 2 aliphatic carbocycles. The summed E-state index contributed by atoms with van der Waals surface area (Å²) in [5.74, 6) is 2.09. The molecule has 0 saturated heterocycles. The average molecular weight is 224 g/mol. The van der Waals surface area contributed by atoms with Crippen LogP contribution in [-0.4, -0.2) is 25.2 Å². The highest BCUT2D eigenvalue weighted by Crippen LogP contribution is 2.44. The van der Waals surface area contributed by atoms with E-state index in [4.69, 9.17) is 0 Å². The minimum Gasteiger partial charge on any atom is -0.315 e. The van der Waals surface area contributed by atoms with Crippen molar-refractivity contribution in [3.05, 3.63) is 0 Å². The van der Waals surface area contributed by atoms with Crippen molar-refractivity contribution in [1.82, 2.24) is 10.6 Å². The Bertz CT molecular complexity index is 183. The SMILES string of the molecule is CC(C)NCCCCNC(C1CC1)C1CC1. The summed E-state index contributed by atoms with van der Waals surface area (Å²) in [7, 11) is 0. The van der Waals surface area contributed by atoms with Crippen LogP contribution >= 0.6 is 0 Å². The first-order valence-electron chi connectivity index (χ1n) is 7.24. The first-order chi connectivity index (χ1) is 7.77. The zero-order chi connectivity index (χ0) is 11.4. The standard InChI is InChI=1S/C14H28N2/c1-11(2)15-9-3-4-10-16-14(12-5-6-12)13-7-8-13/h11-16H,3-10H2,1-2H3. The normalized spacial score (nSPS) is 21.0. The molecule has 2 N–H and O–H groups in total. The van der Waals surface area contributed by atoms with E-state index in [0.717, 1.165) is 17.9 Å². The van der Waals surface area contributed by atoms with E-state index < -0.39 is 0 Å². The third kappa shape index (κ3) is 4.42. The zero-order valence-electron chi connectivity index (χ0n) is 11.0. The maximum atomic E-state index is 3.80. The van der Waals surface area contributed by atoms with E-state index in [1.165, 1.54) is 51.6 Å². The van der Waals surface area contributed by atoms with Gasteiger partial charge in [0.05, 0.1) is 0 Å². The molecule has 0 atom stereocenters. The van der Waals surface area contributed by atoms with Gasteiger partial charge >= 0.3 is 0 Å². The summed E-state index contributed by atoms with van der Waals surface area (Å²) in [5.41, 5.74) is 0. The molecule has 0 radical (unpaired) electrons. The molecule has 2 nitrogen and oxygen atoms in total. The molecule has 0 unspecified atom stereocenters. The van der Waals surface area contributed by atoms with E-state index in [2.05, 4.69) is 24.5 Å². The van der Waals surface area contributed by atoms with Crippen LogP contribution in [0.4, 0.5) is 0 Å². The molecule has 2 heteroatoms. The van der Waals surface area contributed by atoms with E-state index in [1.807, 2.05) is 0 Å². The molecule has 2 aliphatic rings. The van der Waals surface area contributed by atoms with Crippen molar-refractivity contribution in [3.63, 3.8) is 0 Å². The molecular formula is C14H28N2. The monoisotopic (exact) mass is 224 g/mol. The molecule has 0 aromatic rings. The minimum absolute atomic E-state index is 0.638. The van der Waals surface area contributed by atoms with Gasteiger partial charge in [-0.25, -0.2) is 0 Å². The second kappa shape index (κ2) is 6.02. The Labute approximate surface area is 101 Å². The summed E-state index contributed by atoms with van der Waals surface area (Å²) in [4.78, 5) is 0. The van der Waals surface area contributed by atoms with Crippen molar-refractivity contribution >= 4 is 0 Å². The summed E-state index contributed by atoms with van der Waals surface area (Å²) in [6.07, 6.45) is 8.60. The average Bonchev–Trinajstić information content (AvgIpc) is 3.10. The largest absolute Gasteiger partial charge is 0.315 e. The van der Waals surface area contributed by atoms with Gasteiger partial charge in [-0.05, 0) is 63.5 Å². The maximum absolute atomic E-state index is 3.80. The topological polar surface area (TPSA) is 24.1 Å². The molecule has 0 heterocycles. The van der Waals surface area contributed by atoms with E-state index >= 15 is 0 Å². The lowest BCUT2D eigenvalue weighted by Gasteiger charge is -2.17. The van der Waals surface area contributed by atoms with Gasteiger partial charge in [0.1, 0.15) is 0 Å². The Morgan fingerprint density at radius 3 is 1.81 bits per heavy atom. The molecule has 0 bridgehead atoms. The van der Waals surface area contributed by atoms with Crippen LogP contribution in [0.1, 0.15) is 52.4 Å². The van der Waals surface area contributed by atoms with Crippen LogP contribution in [0.15, 0.2) is 0 Å². The lowest BCUT2D eigenvalue weighted by atomic mass is 10.1. The molecule has 0 aromatic carbocycles. The van der Waals surface area contributed by atoms with Crippen molar-refractivity contribution in [1.29, 1.82) is 0 Å². The van der Waals surface area contributed by atoms with Gasteiger partial charge in [-0.15, -0.1) is 0 Å². The van der Waals surface area contributed by atoms with Gasteiger partial charge in [0.2, 0.25) is 0 Å². The van der Waals surface area contributed by atoms with Crippen molar-refractivity contribution < 1.29 is 0 Å². The van der Waals surface area contributed by atoms with Gasteiger partial charge in [0.15, 0.2) is 0 Å². The van der Waals surface area contributed by atoms with Gasteiger partial charge in [0.25, 0.3) is 0 Å². The first-order valence-corrected chi connectivity index (χ1v) is 7.24. The fourth-order valence-corrected chi connectivity index (χ4v) is 2.54. The predicted molar refractivity (Wildman–Crippen MR) is 69.6 cm³/mol. The van der Waals surface area contributed by atoms with Crippen LogP contribution < -0.4 is 10.6 Å². The summed E-state index contributed by atoms with van der Waals surface area (Å²) in [5, 5.41) is 7.28. The Morgan fingerprint density at radius 1 is 0.875 bits per heavy atom. The van der Waals surface area contributed by atoms with Crippen molar-refractivity contribution in [2.45, 2.75) is 64.5 Å². The third-order valence-electron chi connectivity index (χ3n) is 3.80. The summed E-state index contributed by atoms with van der Waals surface area (Å²) in [6.45, 7) is 6.84. The molecule has 0 aromatic heterocycles. The number of hydrogen-bond acceptors (Lipinski definition) is 2. The first kappa shape index (κ1) is 12.4. The molecule has 0 aliphatic heterocycles. The fourth-order valence-electron chi connectivity index (χ4n) is 2.54. The van der Waals surface area contributed by atoms with E-state index in [-0.39, 0.29) is 0 Å². The fraction of sp³-hybridized carbons (Fsp3) is 1.00. The maximum Gasteiger partial charge on any atom is 0.0124 e. The summed E-state index contributed by atoms with van der Waals surface area (Å²) >= 11 is 0. The lowest BCUT2D eigenvalue weighted by molar-refractivity contribution is 0.409. The van der Waals surface area contributed by atoms with E-state index in [0.29, 0.717) is 6.04 Å². The Kier molecular flexibility index (Phi) is 4.66. The molecule has 2 fully saturated rings. The molecule has 16 heavy (non-hydrogen) atoms. The van der Waals surface area contributed by atoms with E-state index in [9.17, 15) is 0 Å². The van der Waals surface area contributed by atoms with Crippen LogP contribution in [-0.2, 0) is 0 Å². The molecule has 0 spiro atoms. The van der Waals surface area contributed by atoms with Crippen LogP contribution in [0.25, 0.3) is 0 Å². The van der Waals surface area contributed by atoms with Crippen molar-refractivity contribution in [2.75, 3.05) is 13.1 Å². The highest BCUT2D eigenvalue weighted by Gasteiger charge is 2.40. The molecule has 2 saturated carbocycles. The quantitative estimate of drug-likeness (QED) is 0.588. The number of nitrogens with one attached hydrogen (secondary N) is 2. The second-order valence-electron chi connectivity index (χ2n) is 5.97. The second-order valence-corrected chi connectivity index (χ2v) is 5.97. The van der Waals surface area contributed by atoms with Crippen LogP contribution in [0.2, 0.25) is 0 Å². The lowest BCUT2D eigenvalue weighted by Crippen LogP contribution is -2.34. The van der Waals surface area contributed by atoms with Gasteiger partial charge in [-0.2, -0.15) is 0 Å². The highest BCUT2D eigenvalue weighted by molar-refractivity contribution is 4.96. The van der Waals surface area contributed by atoms with E-state index in [1.54, 1.807) is 0 Å². The Hall–Kier alpha value is -0.0800. The van der Waals surface area contributed by atoms with Gasteiger partial charge in [0, 0.05) is 12.1 Å². The van der Waals surface area contributed by atoms with Crippen LogP contribution in [0.3, 0.4) is 0 Å². The summed E-state index contributed by atoms with van der Waals surface area (Å²) < 4.78 is 0. The number of unbranched alkanes of at least 4 members (excludes halogenated alkanes) is 1. The molecule has 94 valence electrons. The van der Waals surface area contributed by atoms with Crippen molar-refractivity contribution in [2.24, 2.45) is 11.8 Å². The summed E-state index contributed by atoms with van der Waals surface area (Å²) in [6, 6.07) is 1.52. The molecule has 2 rings (SSSR count). The minimum atomic E-state index is 0.638. The molecule has 0 amide bonds. The predicted octanol–water partition coefficient (Wildman–Crippen LogP) is 2.54.